The van der Waals surface area contributed by atoms with E-state index >= 15 is 0 Å². The summed E-state index contributed by atoms with van der Waals surface area (Å²) in [5.41, 5.74) is 3.95. The number of amides is 1. The fourth-order valence-electron chi connectivity index (χ4n) is 3.52. The summed E-state index contributed by atoms with van der Waals surface area (Å²) in [5, 5.41) is 2.68. The summed E-state index contributed by atoms with van der Waals surface area (Å²) in [4.78, 5) is 14.5. The maximum absolute atomic E-state index is 12.0. The Balaban J connectivity index is 1.98. The van der Waals surface area contributed by atoms with Crippen molar-refractivity contribution in [3.05, 3.63) is 53.6 Å². The topological polar surface area (TPSA) is 41.6 Å². The summed E-state index contributed by atoms with van der Waals surface area (Å²) in [5.74, 6) is 0.684. The van der Waals surface area contributed by atoms with Crippen molar-refractivity contribution in [1.82, 2.24) is 10.2 Å². The number of likely N-dealkylation sites (tertiary alicyclic amines) is 1. The monoisotopic (exact) mass is 338 g/mol. The maximum Gasteiger partial charge on any atom is 0.251 e. The first-order valence-electron chi connectivity index (χ1n) is 8.88. The summed E-state index contributed by atoms with van der Waals surface area (Å²) in [7, 11) is 3.31. The van der Waals surface area contributed by atoms with Gasteiger partial charge in [0.25, 0.3) is 5.91 Å². The minimum absolute atomic E-state index is 0.0921. The molecule has 1 amide bonds. The molecule has 2 aromatic carbocycles. The van der Waals surface area contributed by atoms with Crippen molar-refractivity contribution in [3.63, 3.8) is 0 Å². The number of methoxy groups -OCH3 is 1. The average molecular weight is 338 g/mol. The summed E-state index contributed by atoms with van der Waals surface area (Å²) in [6.45, 7) is 4.60. The number of carbonyl (C=O) groups excluding carboxylic acids is 1. The number of hydrogen-bond acceptors (Lipinski definition) is 3. The molecule has 0 aliphatic carbocycles. The van der Waals surface area contributed by atoms with Gasteiger partial charge in [-0.3, -0.25) is 9.69 Å². The van der Waals surface area contributed by atoms with E-state index in [1.54, 1.807) is 20.2 Å². The summed E-state index contributed by atoms with van der Waals surface area (Å²) in [6.07, 6.45) is 2.57. The number of rotatable bonds is 5. The third-order valence-corrected chi connectivity index (χ3v) is 5.06. The van der Waals surface area contributed by atoms with Crippen molar-refractivity contribution in [2.75, 3.05) is 27.2 Å². The molecular weight excluding hydrogens is 312 g/mol. The molecule has 0 spiro atoms. The third-order valence-electron chi connectivity index (χ3n) is 5.06. The van der Waals surface area contributed by atoms with Crippen LogP contribution in [0, 0.1) is 0 Å². The quantitative estimate of drug-likeness (QED) is 0.899. The molecule has 1 N–H and O–H groups in total. The van der Waals surface area contributed by atoms with E-state index in [2.05, 4.69) is 41.4 Å². The molecule has 1 saturated heterocycles. The highest BCUT2D eigenvalue weighted by atomic mass is 16.5. The van der Waals surface area contributed by atoms with Crippen LogP contribution in [-0.2, 0) is 0 Å². The molecule has 3 rings (SSSR count). The number of benzene rings is 2. The fourth-order valence-corrected chi connectivity index (χ4v) is 3.52. The van der Waals surface area contributed by atoms with Crippen LogP contribution in [0.3, 0.4) is 0 Å². The smallest absolute Gasteiger partial charge is 0.251 e. The van der Waals surface area contributed by atoms with Crippen molar-refractivity contribution in [3.8, 4) is 16.9 Å². The van der Waals surface area contributed by atoms with Crippen LogP contribution in [0.2, 0.25) is 0 Å². The fraction of sp³-hybridized carbons (Fsp3) is 0.381. The molecule has 25 heavy (non-hydrogen) atoms. The van der Waals surface area contributed by atoms with Gasteiger partial charge in [-0.25, -0.2) is 0 Å². The molecule has 0 aromatic heterocycles. The minimum atomic E-state index is -0.0921. The zero-order chi connectivity index (χ0) is 17.8. The molecule has 1 aliphatic rings. The number of carbonyl (C=O) groups is 1. The van der Waals surface area contributed by atoms with Crippen molar-refractivity contribution >= 4 is 5.91 Å². The van der Waals surface area contributed by atoms with Gasteiger partial charge in [0.2, 0.25) is 0 Å². The molecule has 4 heteroatoms. The van der Waals surface area contributed by atoms with Gasteiger partial charge < -0.3 is 10.1 Å². The number of ether oxygens (including phenoxy) is 1. The van der Waals surface area contributed by atoms with E-state index in [1.165, 1.54) is 31.5 Å². The molecule has 1 aliphatic heterocycles. The SMILES string of the molecule is CNC(=O)c1ccc(OC)c(-c2cccc(C(C)N3CCCC3)c2)c1. The first-order chi connectivity index (χ1) is 12.1. The second kappa shape index (κ2) is 7.70. The zero-order valence-electron chi connectivity index (χ0n) is 15.2. The Kier molecular flexibility index (Phi) is 5.39. The second-order valence-corrected chi connectivity index (χ2v) is 6.54. The predicted molar refractivity (Wildman–Crippen MR) is 101 cm³/mol. The maximum atomic E-state index is 12.0. The van der Waals surface area contributed by atoms with Gasteiger partial charge in [-0.2, -0.15) is 0 Å². The van der Waals surface area contributed by atoms with Gasteiger partial charge in [-0.1, -0.05) is 18.2 Å². The highest BCUT2D eigenvalue weighted by molar-refractivity contribution is 5.96. The lowest BCUT2D eigenvalue weighted by atomic mass is 9.97. The lowest BCUT2D eigenvalue weighted by Gasteiger charge is -2.24. The highest BCUT2D eigenvalue weighted by Crippen LogP contribution is 2.33. The Morgan fingerprint density at radius 2 is 1.92 bits per heavy atom. The van der Waals surface area contributed by atoms with Crippen molar-refractivity contribution in [1.29, 1.82) is 0 Å². The van der Waals surface area contributed by atoms with Gasteiger partial charge in [-0.05, 0) is 68.2 Å². The number of nitrogens with zero attached hydrogens (tertiary/aromatic N) is 1. The summed E-state index contributed by atoms with van der Waals surface area (Å²) in [6, 6.07) is 14.5. The normalized spacial score (nSPS) is 15.8. The van der Waals surface area contributed by atoms with Crippen molar-refractivity contribution < 1.29 is 9.53 Å². The Labute approximate surface area is 149 Å². The van der Waals surface area contributed by atoms with Crippen LogP contribution >= 0.6 is 0 Å². The Bertz CT molecular complexity index is 751. The van der Waals surface area contributed by atoms with E-state index < -0.39 is 0 Å². The Morgan fingerprint density at radius 3 is 2.60 bits per heavy atom. The molecule has 1 atom stereocenters. The van der Waals surface area contributed by atoms with Crippen LogP contribution in [0.25, 0.3) is 11.1 Å². The van der Waals surface area contributed by atoms with E-state index in [0.29, 0.717) is 11.6 Å². The van der Waals surface area contributed by atoms with Crippen LogP contribution < -0.4 is 10.1 Å². The van der Waals surface area contributed by atoms with Crippen molar-refractivity contribution in [2.24, 2.45) is 0 Å². The van der Waals surface area contributed by atoms with Gasteiger partial charge in [0.1, 0.15) is 5.75 Å². The Morgan fingerprint density at radius 1 is 1.16 bits per heavy atom. The van der Waals surface area contributed by atoms with Crippen LogP contribution in [0.15, 0.2) is 42.5 Å². The van der Waals surface area contributed by atoms with E-state index in [0.717, 1.165) is 16.9 Å². The third kappa shape index (κ3) is 3.69. The first-order valence-corrected chi connectivity index (χ1v) is 8.88. The van der Waals surface area contributed by atoms with Crippen molar-refractivity contribution in [2.45, 2.75) is 25.8 Å². The molecule has 0 bridgehead atoms. The van der Waals surface area contributed by atoms with Crippen LogP contribution in [0.1, 0.15) is 41.7 Å². The molecule has 1 heterocycles. The van der Waals surface area contributed by atoms with E-state index in [1.807, 2.05) is 12.1 Å². The number of hydrogen-bond donors (Lipinski definition) is 1. The number of nitrogens with one attached hydrogen (secondary N) is 1. The lowest BCUT2D eigenvalue weighted by Crippen LogP contribution is -2.23. The molecule has 2 aromatic rings. The van der Waals surface area contributed by atoms with Crippen LogP contribution in [0.5, 0.6) is 5.75 Å². The zero-order valence-corrected chi connectivity index (χ0v) is 15.2. The lowest BCUT2D eigenvalue weighted by molar-refractivity contribution is 0.0963. The molecule has 4 nitrogen and oxygen atoms in total. The Hall–Kier alpha value is -2.33. The minimum Gasteiger partial charge on any atom is -0.496 e. The second-order valence-electron chi connectivity index (χ2n) is 6.54. The van der Waals surface area contributed by atoms with Gasteiger partial charge in [0, 0.05) is 24.2 Å². The van der Waals surface area contributed by atoms with E-state index in [-0.39, 0.29) is 5.91 Å². The molecule has 1 fully saturated rings. The van der Waals surface area contributed by atoms with Gasteiger partial charge >= 0.3 is 0 Å². The van der Waals surface area contributed by atoms with Gasteiger partial charge in [0.05, 0.1) is 7.11 Å². The highest BCUT2D eigenvalue weighted by Gasteiger charge is 2.20. The molecule has 0 radical (unpaired) electrons. The standard InChI is InChI=1S/C21H26N2O2/c1-15(23-11-4-5-12-23)16-7-6-8-17(13-16)19-14-18(21(24)22-2)9-10-20(19)25-3/h6-10,13-15H,4-5,11-12H2,1-3H3,(H,22,24). The molecule has 132 valence electrons. The van der Waals surface area contributed by atoms with Gasteiger partial charge in [0.15, 0.2) is 0 Å². The van der Waals surface area contributed by atoms with Gasteiger partial charge in [-0.15, -0.1) is 0 Å². The first kappa shape index (κ1) is 17.5. The predicted octanol–water partition coefficient (Wildman–Crippen LogP) is 3.88. The largest absolute Gasteiger partial charge is 0.496 e. The summed E-state index contributed by atoms with van der Waals surface area (Å²) < 4.78 is 5.53. The van der Waals surface area contributed by atoms with Crippen LogP contribution in [-0.4, -0.2) is 38.1 Å². The van der Waals surface area contributed by atoms with E-state index in [9.17, 15) is 4.79 Å². The van der Waals surface area contributed by atoms with Crippen LogP contribution in [0.4, 0.5) is 0 Å². The average Bonchev–Trinajstić information content (AvgIpc) is 3.21. The molecular formula is C21H26N2O2. The summed E-state index contributed by atoms with van der Waals surface area (Å²) >= 11 is 0. The molecule has 1 unspecified atom stereocenters. The van der Waals surface area contributed by atoms with E-state index in [4.69, 9.17) is 4.74 Å². The molecule has 0 saturated carbocycles.